The van der Waals surface area contributed by atoms with Crippen molar-refractivity contribution in [1.29, 1.82) is 0 Å². The summed E-state index contributed by atoms with van der Waals surface area (Å²) >= 11 is 0. The molecule has 0 bridgehead atoms. The molecule has 4 aromatic rings. The van der Waals surface area contributed by atoms with Crippen LogP contribution in [0.2, 0.25) is 0 Å². The molecule has 8 nitrogen and oxygen atoms in total. The summed E-state index contributed by atoms with van der Waals surface area (Å²) in [7, 11) is 1.63. The third kappa shape index (κ3) is 4.98. The Labute approximate surface area is 204 Å². The Morgan fingerprint density at radius 1 is 1.14 bits per heavy atom. The van der Waals surface area contributed by atoms with Crippen molar-refractivity contribution in [3.63, 3.8) is 0 Å². The number of benzene rings is 2. The quantitative estimate of drug-likeness (QED) is 0.387. The zero-order chi connectivity index (χ0) is 24.2. The standard InChI is InChI=1S/C27H32N6O2/c1-3-25(26-29-30-31-33(26)17-19-9-5-4-6-10-19)32(22-11-7-8-12-22)18-21-15-20-13-14-23(35-2)16-24(20)28-27(21)34/h4-6,9-10,13-16,22,25H,3,7-8,11-12,17-18H2,1-2H3,(H,28,34). The van der Waals surface area contributed by atoms with E-state index in [2.05, 4.69) is 44.5 Å². The average molecular weight is 473 g/mol. The molecule has 1 saturated carbocycles. The van der Waals surface area contributed by atoms with Crippen molar-refractivity contribution in [2.45, 2.75) is 64.2 Å². The normalized spacial score (nSPS) is 15.2. The SMILES string of the molecule is CCC(c1nnnn1Cc1ccccc1)N(Cc1cc2ccc(OC)cc2[nH]c1=O)C1CCCC1. The van der Waals surface area contributed by atoms with E-state index < -0.39 is 0 Å². The second-order valence-electron chi connectivity index (χ2n) is 9.29. The minimum absolute atomic E-state index is 0.0165. The zero-order valence-corrected chi connectivity index (χ0v) is 20.4. The van der Waals surface area contributed by atoms with Crippen LogP contribution in [0.3, 0.4) is 0 Å². The highest BCUT2D eigenvalue weighted by Crippen LogP contribution is 2.33. The maximum absolute atomic E-state index is 13.1. The Hall–Kier alpha value is -3.52. The van der Waals surface area contributed by atoms with E-state index in [0.29, 0.717) is 19.1 Å². The van der Waals surface area contributed by atoms with Gasteiger partial charge >= 0.3 is 0 Å². The Bertz CT molecular complexity index is 1330. The van der Waals surface area contributed by atoms with Crippen molar-refractivity contribution in [2.75, 3.05) is 7.11 Å². The van der Waals surface area contributed by atoms with Crippen LogP contribution in [0.4, 0.5) is 0 Å². The van der Waals surface area contributed by atoms with E-state index in [4.69, 9.17) is 4.74 Å². The van der Waals surface area contributed by atoms with Crippen LogP contribution >= 0.6 is 0 Å². The van der Waals surface area contributed by atoms with Crippen molar-refractivity contribution in [1.82, 2.24) is 30.1 Å². The number of hydrogen-bond donors (Lipinski definition) is 1. The van der Waals surface area contributed by atoms with Gasteiger partial charge in [0.05, 0.1) is 25.2 Å². The maximum Gasteiger partial charge on any atom is 0.252 e. The number of nitrogens with one attached hydrogen (secondary N) is 1. The summed E-state index contributed by atoms with van der Waals surface area (Å²) in [6, 6.07) is 18.4. The van der Waals surface area contributed by atoms with Gasteiger partial charge in [-0.3, -0.25) is 9.69 Å². The summed E-state index contributed by atoms with van der Waals surface area (Å²) in [5.41, 5.74) is 2.64. The number of methoxy groups -OCH3 is 1. The second kappa shape index (κ2) is 10.4. The molecule has 1 unspecified atom stereocenters. The topological polar surface area (TPSA) is 88.9 Å². The first kappa shape index (κ1) is 23.2. The van der Waals surface area contributed by atoms with Crippen LogP contribution in [0.25, 0.3) is 10.9 Å². The summed E-state index contributed by atoms with van der Waals surface area (Å²) in [5.74, 6) is 1.58. The molecule has 0 radical (unpaired) electrons. The average Bonchev–Trinajstić information content (AvgIpc) is 3.57. The minimum atomic E-state index is -0.0625. The Balaban J connectivity index is 1.49. The molecule has 2 heterocycles. The van der Waals surface area contributed by atoms with Gasteiger partial charge in [-0.1, -0.05) is 50.1 Å². The second-order valence-corrected chi connectivity index (χ2v) is 9.29. The van der Waals surface area contributed by atoms with Crippen molar-refractivity contribution in [3.8, 4) is 5.75 Å². The fourth-order valence-electron chi connectivity index (χ4n) is 5.28. The molecule has 5 rings (SSSR count). The molecule has 1 N–H and O–H groups in total. The molecule has 0 aliphatic heterocycles. The molecule has 8 heteroatoms. The van der Waals surface area contributed by atoms with Crippen molar-refractivity contribution >= 4 is 10.9 Å². The Morgan fingerprint density at radius 2 is 1.94 bits per heavy atom. The molecule has 2 aromatic carbocycles. The number of aromatic nitrogens is 5. The molecule has 35 heavy (non-hydrogen) atoms. The molecule has 1 aliphatic rings. The number of hydrogen-bond acceptors (Lipinski definition) is 6. The maximum atomic E-state index is 13.1. The molecule has 0 spiro atoms. The van der Waals surface area contributed by atoms with Crippen LogP contribution in [0.5, 0.6) is 5.75 Å². The highest BCUT2D eigenvalue weighted by Gasteiger charge is 2.32. The van der Waals surface area contributed by atoms with Crippen LogP contribution in [0, 0.1) is 0 Å². The number of pyridine rings is 1. The first-order valence-electron chi connectivity index (χ1n) is 12.4. The van der Waals surface area contributed by atoms with E-state index in [0.717, 1.165) is 52.9 Å². The van der Waals surface area contributed by atoms with Crippen LogP contribution in [0.15, 0.2) is 59.4 Å². The number of H-pyrrole nitrogens is 1. The fraction of sp³-hybridized carbons (Fsp3) is 0.407. The van der Waals surface area contributed by atoms with Gasteiger partial charge < -0.3 is 9.72 Å². The Morgan fingerprint density at radius 3 is 2.69 bits per heavy atom. The molecule has 0 saturated heterocycles. The van der Waals surface area contributed by atoms with Gasteiger partial charge in [0.1, 0.15) is 5.75 Å². The molecular weight excluding hydrogens is 440 g/mol. The van der Waals surface area contributed by atoms with Crippen molar-refractivity contribution in [3.05, 3.63) is 81.9 Å². The number of nitrogens with zero attached hydrogens (tertiary/aromatic N) is 5. The third-order valence-corrected chi connectivity index (χ3v) is 7.10. The number of ether oxygens (including phenoxy) is 1. The van der Waals surface area contributed by atoms with Crippen LogP contribution in [-0.4, -0.2) is 43.2 Å². The zero-order valence-electron chi connectivity index (χ0n) is 20.4. The van der Waals surface area contributed by atoms with E-state index in [1.165, 1.54) is 12.8 Å². The molecule has 1 atom stereocenters. The number of aromatic amines is 1. The Kier molecular flexibility index (Phi) is 6.90. The van der Waals surface area contributed by atoms with Gasteiger partial charge in [-0.25, -0.2) is 4.68 Å². The molecule has 1 fully saturated rings. The number of tetrazole rings is 1. The van der Waals surface area contributed by atoms with Gasteiger partial charge in [0.15, 0.2) is 5.82 Å². The van der Waals surface area contributed by atoms with Gasteiger partial charge in [0.25, 0.3) is 5.56 Å². The van der Waals surface area contributed by atoms with E-state index in [1.54, 1.807) is 7.11 Å². The predicted octanol–water partition coefficient (Wildman–Crippen LogP) is 4.47. The summed E-state index contributed by atoms with van der Waals surface area (Å²) in [4.78, 5) is 18.6. The third-order valence-electron chi connectivity index (χ3n) is 7.10. The van der Waals surface area contributed by atoms with Crippen molar-refractivity contribution < 1.29 is 4.74 Å². The summed E-state index contributed by atoms with van der Waals surface area (Å²) in [6.45, 7) is 3.35. The summed E-state index contributed by atoms with van der Waals surface area (Å²) < 4.78 is 7.22. The van der Waals surface area contributed by atoms with Crippen LogP contribution < -0.4 is 10.3 Å². The van der Waals surface area contributed by atoms with E-state index in [-0.39, 0.29) is 11.6 Å². The lowest BCUT2D eigenvalue weighted by Crippen LogP contribution is -2.39. The van der Waals surface area contributed by atoms with Crippen LogP contribution in [0.1, 0.15) is 62.0 Å². The smallest absolute Gasteiger partial charge is 0.252 e. The first-order valence-corrected chi connectivity index (χ1v) is 12.4. The minimum Gasteiger partial charge on any atom is -0.497 e. The lowest BCUT2D eigenvalue weighted by molar-refractivity contribution is 0.112. The monoisotopic (exact) mass is 472 g/mol. The molecule has 2 aromatic heterocycles. The molecule has 0 amide bonds. The molecule has 182 valence electrons. The van der Waals surface area contributed by atoms with E-state index >= 15 is 0 Å². The van der Waals surface area contributed by atoms with Gasteiger partial charge in [0, 0.05) is 24.2 Å². The summed E-state index contributed by atoms with van der Waals surface area (Å²) in [6.07, 6.45) is 5.52. The van der Waals surface area contributed by atoms with Crippen molar-refractivity contribution in [2.24, 2.45) is 0 Å². The van der Waals surface area contributed by atoms with Gasteiger partial charge in [-0.2, -0.15) is 0 Å². The first-order chi connectivity index (χ1) is 17.2. The van der Waals surface area contributed by atoms with Gasteiger partial charge in [-0.15, -0.1) is 5.10 Å². The van der Waals surface area contributed by atoms with E-state index in [9.17, 15) is 4.79 Å². The highest BCUT2D eigenvalue weighted by molar-refractivity contribution is 5.80. The molecular formula is C27H32N6O2. The molecule has 1 aliphatic carbocycles. The lowest BCUT2D eigenvalue weighted by Gasteiger charge is -2.35. The highest BCUT2D eigenvalue weighted by atomic mass is 16.5. The number of rotatable bonds is 9. The van der Waals surface area contributed by atoms with E-state index in [1.807, 2.05) is 47.1 Å². The number of fused-ring (bicyclic) bond motifs is 1. The van der Waals surface area contributed by atoms with Gasteiger partial charge in [-0.05, 0) is 58.8 Å². The predicted molar refractivity (Wildman–Crippen MR) is 135 cm³/mol. The van der Waals surface area contributed by atoms with Gasteiger partial charge in [0.2, 0.25) is 0 Å². The largest absolute Gasteiger partial charge is 0.497 e. The fourth-order valence-corrected chi connectivity index (χ4v) is 5.28. The lowest BCUT2D eigenvalue weighted by atomic mass is 10.0. The van der Waals surface area contributed by atoms with Crippen LogP contribution in [-0.2, 0) is 13.1 Å². The summed E-state index contributed by atoms with van der Waals surface area (Å²) in [5, 5.41) is 13.8.